The molecule has 1 atom stereocenters. The van der Waals surface area contributed by atoms with Gasteiger partial charge in [-0.3, -0.25) is 5.32 Å². The summed E-state index contributed by atoms with van der Waals surface area (Å²) in [4.78, 5) is 16.9. The van der Waals surface area contributed by atoms with Crippen LogP contribution in [0.15, 0.2) is 16.6 Å². The minimum absolute atomic E-state index is 0.203. The molecular weight excluding hydrogens is 180 g/mol. The largest absolute Gasteiger partial charge is 0.331 e. The van der Waals surface area contributed by atoms with Crippen LogP contribution in [0.3, 0.4) is 0 Å². The van der Waals surface area contributed by atoms with Gasteiger partial charge in [0.25, 0.3) is 0 Å². The van der Waals surface area contributed by atoms with E-state index in [4.69, 9.17) is 5.73 Å². The van der Waals surface area contributed by atoms with Gasteiger partial charge in [-0.05, 0) is 25.5 Å². The Hall–Kier alpha value is -1.36. The zero-order valence-corrected chi connectivity index (χ0v) is 8.96. The van der Waals surface area contributed by atoms with Crippen LogP contribution in [0.4, 0.5) is 4.79 Å². The van der Waals surface area contributed by atoms with E-state index in [1.165, 1.54) is 4.90 Å². The molecule has 0 spiro atoms. The number of nitrogens with two attached hydrogens (primary N) is 1. The molecule has 0 bridgehead atoms. The first-order valence-corrected chi connectivity index (χ1v) is 4.39. The number of amidine groups is 1. The van der Waals surface area contributed by atoms with Gasteiger partial charge in [-0.1, -0.05) is 0 Å². The molecule has 0 aromatic rings. The molecule has 78 valence electrons. The Balaban J connectivity index is 2.71. The fraction of sp³-hybridized carbons (Fsp3) is 0.556. The second-order valence-electron chi connectivity index (χ2n) is 3.80. The highest BCUT2D eigenvalue weighted by molar-refractivity contribution is 6.05. The fourth-order valence-corrected chi connectivity index (χ4v) is 1.01. The Morgan fingerprint density at radius 1 is 1.64 bits per heavy atom. The van der Waals surface area contributed by atoms with Gasteiger partial charge in [0.1, 0.15) is 11.5 Å². The molecule has 0 saturated heterocycles. The van der Waals surface area contributed by atoms with Gasteiger partial charge in [0.2, 0.25) is 0 Å². The minimum Gasteiger partial charge on any atom is -0.331 e. The van der Waals surface area contributed by atoms with Crippen LogP contribution < -0.4 is 11.1 Å². The van der Waals surface area contributed by atoms with Crippen molar-refractivity contribution in [2.75, 3.05) is 14.1 Å². The minimum atomic E-state index is -0.686. The van der Waals surface area contributed by atoms with Crippen LogP contribution in [-0.4, -0.2) is 36.5 Å². The second kappa shape index (κ2) is 3.42. The number of nitrogens with zero attached hydrogens (tertiary/aromatic N) is 2. The van der Waals surface area contributed by atoms with Crippen molar-refractivity contribution in [1.29, 1.82) is 0 Å². The van der Waals surface area contributed by atoms with E-state index in [-0.39, 0.29) is 6.03 Å². The molecule has 1 unspecified atom stereocenters. The zero-order valence-electron chi connectivity index (χ0n) is 8.96. The quantitative estimate of drug-likeness (QED) is 0.584. The normalized spacial score (nSPS) is 25.5. The highest BCUT2D eigenvalue weighted by atomic mass is 16.2. The molecule has 5 heteroatoms. The van der Waals surface area contributed by atoms with Crippen LogP contribution in [0.5, 0.6) is 0 Å². The number of nitrogens with one attached hydrogen (secondary N) is 1. The molecule has 0 saturated carbocycles. The first-order valence-electron chi connectivity index (χ1n) is 4.39. The number of urea groups is 1. The topological polar surface area (TPSA) is 70.7 Å². The van der Waals surface area contributed by atoms with E-state index >= 15 is 0 Å². The highest BCUT2D eigenvalue weighted by Gasteiger charge is 2.26. The van der Waals surface area contributed by atoms with E-state index in [0.29, 0.717) is 5.84 Å². The van der Waals surface area contributed by atoms with Gasteiger partial charge in [0.05, 0.1) is 0 Å². The molecule has 5 nitrogen and oxygen atoms in total. The first-order chi connectivity index (χ1) is 6.33. The maximum absolute atomic E-state index is 11.3. The Bertz CT molecular complexity index is 315. The lowest BCUT2D eigenvalue weighted by Crippen LogP contribution is -2.38. The number of aliphatic imine (C=N–C) groups is 1. The lowest BCUT2D eigenvalue weighted by atomic mass is 10.1. The van der Waals surface area contributed by atoms with Gasteiger partial charge in [-0.25, -0.2) is 9.79 Å². The number of amides is 2. The smallest absolute Gasteiger partial charge is 0.322 e. The molecule has 1 aliphatic rings. The molecule has 0 aromatic carbocycles. The second-order valence-corrected chi connectivity index (χ2v) is 3.80. The van der Waals surface area contributed by atoms with Crippen LogP contribution >= 0.6 is 0 Å². The fourth-order valence-electron chi connectivity index (χ4n) is 1.01. The van der Waals surface area contributed by atoms with E-state index in [0.717, 1.165) is 5.57 Å². The Labute approximate surface area is 83.7 Å². The first kappa shape index (κ1) is 10.7. The number of hydrogen-bond donors (Lipinski definition) is 2. The molecular formula is C9H16N4O. The van der Waals surface area contributed by atoms with Gasteiger partial charge >= 0.3 is 6.03 Å². The number of hydrogen-bond acceptors (Lipinski definition) is 3. The molecule has 1 rings (SSSR count). The van der Waals surface area contributed by atoms with Gasteiger partial charge in [-0.15, -0.1) is 0 Å². The maximum atomic E-state index is 11.3. The summed E-state index contributed by atoms with van der Waals surface area (Å²) in [5.41, 5.74) is 6.09. The maximum Gasteiger partial charge on any atom is 0.322 e. The van der Waals surface area contributed by atoms with Gasteiger partial charge in [0, 0.05) is 14.1 Å². The summed E-state index contributed by atoms with van der Waals surface area (Å²) in [6, 6.07) is -0.203. The van der Waals surface area contributed by atoms with E-state index in [1.54, 1.807) is 27.1 Å². The van der Waals surface area contributed by atoms with Crippen molar-refractivity contribution < 1.29 is 4.79 Å². The SMILES string of the molecule is CC1=CC(NC(=O)N(C)C)=NC1(C)N. The predicted octanol–water partition coefficient (Wildman–Crippen LogP) is 0.291. The monoisotopic (exact) mass is 196 g/mol. The van der Waals surface area contributed by atoms with E-state index in [2.05, 4.69) is 10.3 Å². The molecule has 1 heterocycles. The average Bonchev–Trinajstić information content (AvgIpc) is 2.25. The van der Waals surface area contributed by atoms with Crippen LogP contribution in [-0.2, 0) is 0 Å². The molecule has 3 N–H and O–H groups in total. The molecule has 14 heavy (non-hydrogen) atoms. The lowest BCUT2D eigenvalue weighted by molar-refractivity contribution is 0.222. The van der Waals surface area contributed by atoms with Crippen LogP contribution in [0.1, 0.15) is 13.8 Å². The van der Waals surface area contributed by atoms with Crippen LogP contribution in [0.25, 0.3) is 0 Å². The summed E-state index contributed by atoms with van der Waals surface area (Å²) in [5.74, 6) is 0.520. The zero-order chi connectivity index (χ0) is 10.9. The summed E-state index contributed by atoms with van der Waals surface area (Å²) in [6.07, 6.45) is 1.78. The molecule has 1 aliphatic heterocycles. The van der Waals surface area contributed by atoms with E-state index in [1.807, 2.05) is 6.92 Å². The van der Waals surface area contributed by atoms with Crippen molar-refractivity contribution in [3.05, 3.63) is 11.6 Å². The summed E-state index contributed by atoms with van der Waals surface area (Å²) in [5, 5.41) is 2.64. The van der Waals surface area contributed by atoms with Crippen molar-refractivity contribution in [2.24, 2.45) is 10.7 Å². The predicted molar refractivity (Wildman–Crippen MR) is 56.0 cm³/mol. The number of rotatable bonds is 0. The third-order valence-corrected chi connectivity index (χ3v) is 2.15. The average molecular weight is 196 g/mol. The Morgan fingerprint density at radius 3 is 2.57 bits per heavy atom. The molecule has 0 fully saturated rings. The Morgan fingerprint density at radius 2 is 2.21 bits per heavy atom. The van der Waals surface area contributed by atoms with Gasteiger partial charge in [0.15, 0.2) is 0 Å². The van der Waals surface area contributed by atoms with Crippen LogP contribution in [0, 0.1) is 0 Å². The summed E-state index contributed by atoms with van der Waals surface area (Å²) in [7, 11) is 3.34. The third kappa shape index (κ3) is 2.11. The molecule has 0 radical (unpaired) electrons. The van der Waals surface area contributed by atoms with E-state index in [9.17, 15) is 4.79 Å². The summed E-state index contributed by atoms with van der Waals surface area (Å²) < 4.78 is 0. The standard InChI is InChI=1S/C9H16N4O/c1-6-5-7(12-9(6,2)10)11-8(14)13(3)4/h5H,10H2,1-4H3,(H,11,12,14). The Kier molecular flexibility index (Phi) is 2.62. The lowest BCUT2D eigenvalue weighted by Gasteiger charge is -2.15. The highest BCUT2D eigenvalue weighted by Crippen LogP contribution is 2.19. The van der Waals surface area contributed by atoms with Crippen molar-refractivity contribution in [3.8, 4) is 0 Å². The third-order valence-electron chi connectivity index (χ3n) is 2.15. The van der Waals surface area contributed by atoms with E-state index < -0.39 is 5.66 Å². The molecule has 2 amide bonds. The van der Waals surface area contributed by atoms with Crippen molar-refractivity contribution in [3.63, 3.8) is 0 Å². The number of carbonyl (C=O) groups is 1. The van der Waals surface area contributed by atoms with Crippen molar-refractivity contribution >= 4 is 11.9 Å². The summed E-state index contributed by atoms with van der Waals surface area (Å²) >= 11 is 0. The number of carbonyl (C=O) groups excluding carboxylic acids is 1. The van der Waals surface area contributed by atoms with Crippen LogP contribution in [0.2, 0.25) is 0 Å². The molecule has 0 aliphatic carbocycles. The van der Waals surface area contributed by atoms with Crippen molar-refractivity contribution in [2.45, 2.75) is 19.5 Å². The van der Waals surface area contributed by atoms with Gasteiger partial charge < -0.3 is 10.6 Å². The van der Waals surface area contributed by atoms with Crippen molar-refractivity contribution in [1.82, 2.24) is 10.2 Å². The van der Waals surface area contributed by atoms with Gasteiger partial charge in [-0.2, -0.15) is 0 Å². The summed E-state index contributed by atoms with van der Waals surface area (Å²) in [6.45, 7) is 3.69. The molecule has 0 aromatic heterocycles.